The maximum absolute atomic E-state index is 12.3. The van der Waals surface area contributed by atoms with Gasteiger partial charge >= 0.3 is 11.9 Å². The smallest absolute Gasteiger partial charge is 0.313 e. The summed E-state index contributed by atoms with van der Waals surface area (Å²) in [6, 6.07) is 0. The lowest BCUT2D eigenvalue weighted by molar-refractivity contribution is -0.160. The molecule has 138 valence electrons. The zero-order chi connectivity index (χ0) is 17.8. The van der Waals surface area contributed by atoms with Gasteiger partial charge in [0, 0.05) is 0 Å². The standard InChI is InChI=1S/C20H34O4/c1-4-5-6-7-8-11-14-23-19(21)17-12-9-10-13-18(17)20(22)24-15-16(2)3/h10,13,16-18H,4-9,11-12,14-15H2,1-3H3. The van der Waals surface area contributed by atoms with Crippen molar-refractivity contribution in [1.82, 2.24) is 0 Å². The predicted molar refractivity (Wildman–Crippen MR) is 95.5 cm³/mol. The highest BCUT2D eigenvalue weighted by atomic mass is 16.5. The van der Waals surface area contributed by atoms with Crippen LogP contribution in [-0.4, -0.2) is 25.2 Å². The van der Waals surface area contributed by atoms with Gasteiger partial charge in [0.1, 0.15) is 0 Å². The summed E-state index contributed by atoms with van der Waals surface area (Å²) in [6.45, 7) is 7.04. The molecule has 1 rings (SSSR count). The Morgan fingerprint density at radius 2 is 1.75 bits per heavy atom. The van der Waals surface area contributed by atoms with Crippen molar-refractivity contribution in [3.8, 4) is 0 Å². The molecule has 2 unspecified atom stereocenters. The van der Waals surface area contributed by atoms with Crippen LogP contribution < -0.4 is 0 Å². The molecule has 1 aliphatic rings. The zero-order valence-corrected chi connectivity index (χ0v) is 15.6. The van der Waals surface area contributed by atoms with Gasteiger partial charge in [-0.2, -0.15) is 0 Å². The predicted octanol–water partition coefficient (Wildman–Crippen LogP) is 4.67. The van der Waals surface area contributed by atoms with Crippen molar-refractivity contribution in [1.29, 1.82) is 0 Å². The van der Waals surface area contributed by atoms with E-state index in [4.69, 9.17) is 9.47 Å². The number of esters is 2. The maximum atomic E-state index is 12.3. The molecule has 0 saturated heterocycles. The molecule has 0 amide bonds. The van der Waals surface area contributed by atoms with Gasteiger partial charge < -0.3 is 9.47 Å². The molecule has 0 aromatic heterocycles. The van der Waals surface area contributed by atoms with Gasteiger partial charge in [-0.15, -0.1) is 0 Å². The second-order valence-corrected chi connectivity index (χ2v) is 7.10. The van der Waals surface area contributed by atoms with Crippen molar-refractivity contribution in [2.24, 2.45) is 17.8 Å². The number of rotatable bonds is 11. The van der Waals surface area contributed by atoms with E-state index in [0.29, 0.717) is 25.6 Å². The summed E-state index contributed by atoms with van der Waals surface area (Å²) in [6.07, 6.45) is 12.2. The van der Waals surface area contributed by atoms with Gasteiger partial charge in [0.25, 0.3) is 0 Å². The molecular formula is C20H34O4. The van der Waals surface area contributed by atoms with E-state index in [9.17, 15) is 9.59 Å². The molecule has 0 fully saturated rings. The molecular weight excluding hydrogens is 304 g/mol. The third-order valence-electron chi connectivity index (χ3n) is 4.30. The minimum absolute atomic E-state index is 0.251. The van der Waals surface area contributed by atoms with E-state index < -0.39 is 11.8 Å². The van der Waals surface area contributed by atoms with Crippen molar-refractivity contribution in [3.63, 3.8) is 0 Å². The molecule has 0 radical (unpaired) electrons. The number of hydrogen-bond acceptors (Lipinski definition) is 4. The fourth-order valence-electron chi connectivity index (χ4n) is 2.85. The number of ether oxygens (including phenoxy) is 2. The van der Waals surface area contributed by atoms with Crippen LogP contribution in [0, 0.1) is 17.8 Å². The Morgan fingerprint density at radius 1 is 1.04 bits per heavy atom. The third kappa shape index (κ3) is 7.98. The van der Waals surface area contributed by atoms with Gasteiger partial charge in [-0.3, -0.25) is 9.59 Å². The fraction of sp³-hybridized carbons (Fsp3) is 0.800. The minimum atomic E-state index is -0.491. The van der Waals surface area contributed by atoms with Gasteiger partial charge in [0.05, 0.1) is 25.0 Å². The molecule has 4 nitrogen and oxygen atoms in total. The van der Waals surface area contributed by atoms with Crippen molar-refractivity contribution in [3.05, 3.63) is 12.2 Å². The molecule has 0 heterocycles. The van der Waals surface area contributed by atoms with Gasteiger partial charge in [-0.1, -0.05) is 65.0 Å². The molecule has 0 N–H and O–H groups in total. The highest BCUT2D eigenvalue weighted by Gasteiger charge is 2.35. The molecule has 0 saturated carbocycles. The number of carbonyl (C=O) groups is 2. The molecule has 0 aromatic rings. The van der Waals surface area contributed by atoms with E-state index in [0.717, 1.165) is 19.3 Å². The lowest BCUT2D eigenvalue weighted by Crippen LogP contribution is -2.33. The normalized spacial score (nSPS) is 20.2. The van der Waals surface area contributed by atoms with Crippen LogP contribution in [-0.2, 0) is 19.1 Å². The van der Waals surface area contributed by atoms with Crippen molar-refractivity contribution >= 4 is 11.9 Å². The summed E-state index contributed by atoms with van der Waals surface area (Å²) in [5.74, 6) is -1.15. The first-order valence-corrected chi connectivity index (χ1v) is 9.56. The fourth-order valence-corrected chi connectivity index (χ4v) is 2.85. The van der Waals surface area contributed by atoms with E-state index in [1.54, 1.807) is 0 Å². The first-order chi connectivity index (χ1) is 11.6. The topological polar surface area (TPSA) is 52.6 Å². The zero-order valence-electron chi connectivity index (χ0n) is 15.6. The molecule has 2 atom stereocenters. The minimum Gasteiger partial charge on any atom is -0.465 e. The Labute approximate surface area is 147 Å². The van der Waals surface area contributed by atoms with Crippen molar-refractivity contribution < 1.29 is 19.1 Å². The first kappa shape index (κ1) is 20.7. The van der Waals surface area contributed by atoms with E-state index in [1.165, 1.54) is 25.7 Å². The average molecular weight is 338 g/mol. The van der Waals surface area contributed by atoms with Crippen LogP contribution in [0.25, 0.3) is 0 Å². The van der Waals surface area contributed by atoms with Gasteiger partial charge in [0.2, 0.25) is 0 Å². The summed E-state index contributed by atoms with van der Waals surface area (Å²) in [7, 11) is 0. The van der Waals surface area contributed by atoms with Crippen LogP contribution in [0.2, 0.25) is 0 Å². The molecule has 0 spiro atoms. The average Bonchev–Trinajstić information content (AvgIpc) is 2.58. The summed E-state index contributed by atoms with van der Waals surface area (Å²) >= 11 is 0. The van der Waals surface area contributed by atoms with Crippen LogP contribution in [0.1, 0.15) is 72.1 Å². The van der Waals surface area contributed by atoms with E-state index in [1.807, 2.05) is 26.0 Å². The molecule has 1 aliphatic carbocycles. The first-order valence-electron chi connectivity index (χ1n) is 9.56. The molecule has 24 heavy (non-hydrogen) atoms. The monoisotopic (exact) mass is 338 g/mol. The Kier molecular flexibility index (Phi) is 10.4. The second kappa shape index (κ2) is 12.1. The Balaban J connectivity index is 2.34. The number of carbonyl (C=O) groups excluding carboxylic acids is 2. The van der Waals surface area contributed by atoms with Crippen LogP contribution >= 0.6 is 0 Å². The quantitative estimate of drug-likeness (QED) is 0.312. The molecule has 0 aromatic carbocycles. The highest BCUT2D eigenvalue weighted by Crippen LogP contribution is 2.27. The van der Waals surface area contributed by atoms with E-state index in [2.05, 4.69) is 6.92 Å². The van der Waals surface area contributed by atoms with Crippen LogP contribution in [0.15, 0.2) is 12.2 Å². The Bertz CT molecular complexity index is 400. The highest BCUT2D eigenvalue weighted by molar-refractivity contribution is 5.83. The number of unbranched alkanes of at least 4 members (excludes halogenated alkanes) is 5. The lowest BCUT2D eigenvalue weighted by atomic mass is 9.84. The number of allylic oxidation sites excluding steroid dienone is 1. The van der Waals surface area contributed by atoms with Crippen molar-refractivity contribution in [2.75, 3.05) is 13.2 Å². The van der Waals surface area contributed by atoms with Crippen LogP contribution in [0.5, 0.6) is 0 Å². The summed E-state index contributed by atoms with van der Waals surface area (Å²) < 4.78 is 10.7. The second-order valence-electron chi connectivity index (χ2n) is 7.10. The van der Waals surface area contributed by atoms with Gasteiger partial charge in [-0.05, 0) is 25.2 Å². The van der Waals surface area contributed by atoms with Crippen LogP contribution in [0.4, 0.5) is 0 Å². The number of hydrogen-bond donors (Lipinski definition) is 0. The van der Waals surface area contributed by atoms with E-state index >= 15 is 0 Å². The summed E-state index contributed by atoms with van der Waals surface area (Å²) in [5.41, 5.74) is 0. The van der Waals surface area contributed by atoms with Crippen molar-refractivity contribution in [2.45, 2.75) is 72.1 Å². The molecule has 4 heteroatoms. The van der Waals surface area contributed by atoms with Gasteiger partial charge in [0.15, 0.2) is 0 Å². The lowest BCUT2D eigenvalue weighted by Gasteiger charge is -2.25. The molecule has 0 bridgehead atoms. The van der Waals surface area contributed by atoms with Gasteiger partial charge in [-0.25, -0.2) is 0 Å². The Hall–Kier alpha value is -1.32. The maximum Gasteiger partial charge on any atom is 0.313 e. The SMILES string of the molecule is CCCCCCCCOC(=O)C1CCC=CC1C(=O)OCC(C)C. The Morgan fingerprint density at radius 3 is 2.46 bits per heavy atom. The molecule has 0 aliphatic heterocycles. The van der Waals surface area contributed by atoms with Crippen LogP contribution in [0.3, 0.4) is 0 Å². The van der Waals surface area contributed by atoms with E-state index in [-0.39, 0.29) is 11.9 Å². The third-order valence-corrected chi connectivity index (χ3v) is 4.30. The summed E-state index contributed by atoms with van der Waals surface area (Å²) in [4.78, 5) is 24.5. The summed E-state index contributed by atoms with van der Waals surface area (Å²) in [5, 5.41) is 0. The largest absolute Gasteiger partial charge is 0.465 e.